The first-order valence-corrected chi connectivity index (χ1v) is 9.85. The second kappa shape index (κ2) is 8.35. The van der Waals surface area contributed by atoms with E-state index in [1.165, 1.54) is 5.56 Å². The van der Waals surface area contributed by atoms with Gasteiger partial charge < -0.3 is 14.2 Å². The Bertz CT molecular complexity index is 1020. The van der Waals surface area contributed by atoms with E-state index in [0.717, 1.165) is 42.2 Å². The predicted molar refractivity (Wildman–Crippen MR) is 114 cm³/mol. The maximum absolute atomic E-state index is 12.6. The molecule has 1 amide bonds. The number of rotatable bonds is 5. The average Bonchev–Trinajstić information content (AvgIpc) is 3.42. The third-order valence-corrected chi connectivity index (χ3v) is 5.38. The number of carbonyl (C=O) groups excluding carboxylic acids is 1. The number of amides is 1. The van der Waals surface area contributed by atoms with Crippen molar-refractivity contribution in [2.75, 3.05) is 20.2 Å². The van der Waals surface area contributed by atoms with Crippen LogP contribution in [0.2, 0.25) is 0 Å². The van der Waals surface area contributed by atoms with E-state index >= 15 is 0 Å². The third kappa shape index (κ3) is 4.24. The Morgan fingerprint density at radius 1 is 1.21 bits per heavy atom. The van der Waals surface area contributed by atoms with Crippen LogP contribution < -0.4 is 4.74 Å². The minimum absolute atomic E-state index is 0.0525. The van der Waals surface area contributed by atoms with Crippen molar-refractivity contribution < 1.29 is 9.53 Å². The van der Waals surface area contributed by atoms with E-state index in [4.69, 9.17) is 4.74 Å². The molecule has 1 atom stereocenters. The van der Waals surface area contributed by atoms with Crippen molar-refractivity contribution in [1.82, 2.24) is 14.5 Å². The summed E-state index contributed by atoms with van der Waals surface area (Å²) in [5.41, 5.74) is 4.10. The van der Waals surface area contributed by atoms with Gasteiger partial charge in [0.05, 0.1) is 24.8 Å². The number of likely N-dealkylation sites (tertiary alicyclic amines) is 1. The monoisotopic (exact) mass is 387 g/mol. The van der Waals surface area contributed by atoms with Crippen LogP contribution in [0.5, 0.6) is 5.75 Å². The first-order valence-electron chi connectivity index (χ1n) is 9.85. The largest absolute Gasteiger partial charge is 0.495 e. The lowest BCUT2D eigenvalue weighted by Gasteiger charge is -2.14. The molecule has 5 nitrogen and oxygen atoms in total. The molecule has 1 aliphatic rings. The van der Waals surface area contributed by atoms with Crippen LogP contribution in [0.25, 0.3) is 11.8 Å². The van der Waals surface area contributed by atoms with Crippen molar-refractivity contribution in [3.8, 4) is 11.4 Å². The van der Waals surface area contributed by atoms with Crippen LogP contribution in [-0.2, 0) is 4.79 Å². The van der Waals surface area contributed by atoms with Gasteiger partial charge in [-0.05, 0) is 42.7 Å². The summed E-state index contributed by atoms with van der Waals surface area (Å²) < 4.78 is 7.47. The van der Waals surface area contributed by atoms with Crippen LogP contribution in [0.3, 0.4) is 0 Å². The number of methoxy groups -OCH3 is 1. The van der Waals surface area contributed by atoms with Crippen LogP contribution in [0.15, 0.2) is 67.1 Å². The van der Waals surface area contributed by atoms with Gasteiger partial charge >= 0.3 is 0 Å². The Kier molecular flexibility index (Phi) is 5.47. The Hall–Kier alpha value is -3.34. The summed E-state index contributed by atoms with van der Waals surface area (Å²) in [5.74, 6) is 1.21. The topological polar surface area (TPSA) is 47.4 Å². The fourth-order valence-corrected chi connectivity index (χ4v) is 3.79. The fraction of sp³-hybridized carbons (Fsp3) is 0.250. The SMILES string of the molecule is COc1cc(C=CC(=O)N2CCC(c3ccccc3)C2)ccc1-n1cnc(C)c1. The Morgan fingerprint density at radius 3 is 2.76 bits per heavy atom. The van der Waals surface area contributed by atoms with Gasteiger partial charge in [0.15, 0.2) is 0 Å². The summed E-state index contributed by atoms with van der Waals surface area (Å²) in [6.45, 7) is 3.52. The lowest BCUT2D eigenvalue weighted by molar-refractivity contribution is -0.124. The number of hydrogen-bond acceptors (Lipinski definition) is 3. The lowest BCUT2D eigenvalue weighted by atomic mass is 9.99. The first kappa shape index (κ1) is 19.0. The van der Waals surface area contributed by atoms with E-state index in [9.17, 15) is 4.79 Å². The quantitative estimate of drug-likeness (QED) is 0.616. The van der Waals surface area contributed by atoms with Gasteiger partial charge in [-0.25, -0.2) is 4.98 Å². The van der Waals surface area contributed by atoms with Gasteiger partial charge in [0.25, 0.3) is 0 Å². The number of ether oxygens (including phenoxy) is 1. The van der Waals surface area contributed by atoms with E-state index < -0.39 is 0 Å². The zero-order valence-corrected chi connectivity index (χ0v) is 16.8. The smallest absolute Gasteiger partial charge is 0.246 e. The zero-order chi connectivity index (χ0) is 20.2. The second-order valence-corrected chi connectivity index (χ2v) is 7.37. The summed E-state index contributed by atoms with van der Waals surface area (Å²) in [4.78, 5) is 18.8. The summed E-state index contributed by atoms with van der Waals surface area (Å²) in [7, 11) is 1.65. The molecule has 0 saturated carbocycles. The maximum atomic E-state index is 12.6. The minimum atomic E-state index is 0.0525. The molecule has 1 fully saturated rings. The van der Waals surface area contributed by atoms with E-state index in [1.807, 2.05) is 52.9 Å². The Morgan fingerprint density at radius 2 is 2.03 bits per heavy atom. The molecule has 148 valence electrons. The van der Waals surface area contributed by atoms with Crippen molar-refractivity contribution in [1.29, 1.82) is 0 Å². The fourth-order valence-electron chi connectivity index (χ4n) is 3.79. The van der Waals surface area contributed by atoms with Gasteiger partial charge in [-0.3, -0.25) is 4.79 Å². The number of nitrogens with zero attached hydrogens (tertiary/aromatic N) is 3. The highest BCUT2D eigenvalue weighted by atomic mass is 16.5. The van der Waals surface area contributed by atoms with Crippen molar-refractivity contribution in [3.05, 3.63) is 84.0 Å². The molecule has 5 heteroatoms. The van der Waals surface area contributed by atoms with Crippen molar-refractivity contribution in [2.24, 2.45) is 0 Å². The molecule has 1 aliphatic heterocycles. The summed E-state index contributed by atoms with van der Waals surface area (Å²) in [6.07, 6.45) is 8.24. The molecule has 3 aromatic rings. The van der Waals surface area contributed by atoms with Crippen LogP contribution in [0.1, 0.15) is 29.2 Å². The highest BCUT2D eigenvalue weighted by Crippen LogP contribution is 2.28. The van der Waals surface area contributed by atoms with Gasteiger partial charge in [0.2, 0.25) is 5.91 Å². The molecule has 0 aliphatic carbocycles. The lowest BCUT2D eigenvalue weighted by Crippen LogP contribution is -2.26. The van der Waals surface area contributed by atoms with Gasteiger partial charge in [-0.15, -0.1) is 0 Å². The number of aromatic nitrogens is 2. The van der Waals surface area contributed by atoms with Crippen LogP contribution in [0.4, 0.5) is 0 Å². The number of carbonyl (C=O) groups is 1. The highest BCUT2D eigenvalue weighted by Gasteiger charge is 2.25. The molecule has 29 heavy (non-hydrogen) atoms. The standard InChI is InChI=1S/C24H25N3O2/c1-18-15-27(17-25-18)22-10-8-19(14-23(22)29-2)9-11-24(28)26-13-12-21(16-26)20-6-4-3-5-7-20/h3-11,14-15,17,21H,12-13,16H2,1-2H3. The molecular formula is C24H25N3O2. The number of imidazole rings is 1. The van der Waals surface area contributed by atoms with Crippen molar-refractivity contribution >= 4 is 12.0 Å². The highest BCUT2D eigenvalue weighted by molar-refractivity contribution is 5.92. The van der Waals surface area contributed by atoms with Crippen molar-refractivity contribution in [2.45, 2.75) is 19.3 Å². The van der Waals surface area contributed by atoms with Crippen LogP contribution in [-0.4, -0.2) is 40.6 Å². The molecule has 1 saturated heterocycles. The maximum Gasteiger partial charge on any atom is 0.246 e. The normalized spacial score (nSPS) is 16.5. The molecule has 2 heterocycles. The van der Waals surface area contributed by atoms with Gasteiger partial charge in [0, 0.05) is 31.3 Å². The molecule has 0 radical (unpaired) electrons. The third-order valence-electron chi connectivity index (χ3n) is 5.38. The second-order valence-electron chi connectivity index (χ2n) is 7.37. The predicted octanol–water partition coefficient (Wildman–Crippen LogP) is 4.22. The average molecular weight is 387 g/mol. The van der Waals surface area contributed by atoms with Crippen LogP contribution >= 0.6 is 0 Å². The molecule has 0 bridgehead atoms. The molecule has 2 aromatic carbocycles. The molecule has 1 aromatic heterocycles. The first-order chi connectivity index (χ1) is 14.1. The molecule has 4 rings (SSSR count). The zero-order valence-electron chi connectivity index (χ0n) is 16.8. The van der Waals surface area contributed by atoms with Gasteiger partial charge in [-0.1, -0.05) is 36.4 Å². The van der Waals surface area contributed by atoms with Crippen LogP contribution in [0, 0.1) is 6.92 Å². The number of aryl methyl sites for hydroxylation is 1. The van der Waals surface area contributed by atoms with E-state index in [2.05, 4.69) is 29.2 Å². The molecule has 0 spiro atoms. The number of hydrogen-bond donors (Lipinski definition) is 0. The summed E-state index contributed by atoms with van der Waals surface area (Å²) in [6, 6.07) is 16.3. The van der Waals surface area contributed by atoms with Gasteiger partial charge in [0.1, 0.15) is 5.75 Å². The van der Waals surface area contributed by atoms with E-state index in [0.29, 0.717) is 5.92 Å². The summed E-state index contributed by atoms with van der Waals surface area (Å²) >= 11 is 0. The summed E-state index contributed by atoms with van der Waals surface area (Å²) in [5, 5.41) is 0. The van der Waals surface area contributed by atoms with Gasteiger partial charge in [-0.2, -0.15) is 0 Å². The molecule has 1 unspecified atom stereocenters. The van der Waals surface area contributed by atoms with Crippen molar-refractivity contribution in [3.63, 3.8) is 0 Å². The van der Waals surface area contributed by atoms with E-state index in [1.54, 1.807) is 19.5 Å². The minimum Gasteiger partial charge on any atom is -0.495 e. The number of benzene rings is 2. The Labute approximate surface area is 171 Å². The Balaban J connectivity index is 1.44. The molecule has 0 N–H and O–H groups in total. The molecular weight excluding hydrogens is 362 g/mol. The van der Waals surface area contributed by atoms with E-state index in [-0.39, 0.29) is 5.91 Å².